The SMILES string of the molecule is CC1=CC2CN(C(C)(C)C)CC1N2. The smallest absolute Gasteiger partial charge is 0.0411 e. The standard InChI is InChI=1S/C11H20N2/c1-8-5-9-6-13(11(2,3)4)7-10(8)12-9/h5,9-10,12H,6-7H2,1-4H3. The van der Waals surface area contributed by atoms with E-state index in [2.05, 4.69) is 44.0 Å². The molecule has 2 aliphatic heterocycles. The van der Waals surface area contributed by atoms with Crippen LogP contribution in [0.5, 0.6) is 0 Å². The van der Waals surface area contributed by atoms with Gasteiger partial charge in [0.2, 0.25) is 0 Å². The van der Waals surface area contributed by atoms with Gasteiger partial charge in [-0.05, 0) is 27.7 Å². The summed E-state index contributed by atoms with van der Waals surface area (Å²) in [6.07, 6.45) is 2.39. The van der Waals surface area contributed by atoms with Crippen molar-refractivity contribution in [3.8, 4) is 0 Å². The highest BCUT2D eigenvalue weighted by molar-refractivity contribution is 5.23. The Balaban J connectivity index is 2.10. The fourth-order valence-electron chi connectivity index (χ4n) is 2.25. The van der Waals surface area contributed by atoms with Crippen LogP contribution in [0.3, 0.4) is 0 Å². The van der Waals surface area contributed by atoms with E-state index in [0.29, 0.717) is 17.6 Å². The van der Waals surface area contributed by atoms with Crippen LogP contribution in [-0.2, 0) is 0 Å². The van der Waals surface area contributed by atoms with Crippen molar-refractivity contribution >= 4 is 0 Å². The summed E-state index contributed by atoms with van der Waals surface area (Å²) in [6.45, 7) is 11.5. The van der Waals surface area contributed by atoms with Crippen molar-refractivity contribution in [2.75, 3.05) is 13.1 Å². The van der Waals surface area contributed by atoms with Gasteiger partial charge in [-0.3, -0.25) is 4.90 Å². The summed E-state index contributed by atoms with van der Waals surface area (Å²) in [4.78, 5) is 2.58. The lowest BCUT2D eigenvalue weighted by Crippen LogP contribution is -2.57. The fraction of sp³-hybridized carbons (Fsp3) is 0.818. The van der Waals surface area contributed by atoms with Gasteiger partial charge in [-0.25, -0.2) is 0 Å². The molecule has 2 nitrogen and oxygen atoms in total. The van der Waals surface area contributed by atoms with Gasteiger partial charge in [-0.1, -0.05) is 11.6 Å². The van der Waals surface area contributed by atoms with Gasteiger partial charge < -0.3 is 5.32 Å². The van der Waals surface area contributed by atoms with E-state index in [4.69, 9.17) is 0 Å². The summed E-state index contributed by atoms with van der Waals surface area (Å²) in [7, 11) is 0. The van der Waals surface area contributed by atoms with E-state index in [1.165, 1.54) is 12.1 Å². The van der Waals surface area contributed by atoms with Gasteiger partial charge in [0.15, 0.2) is 0 Å². The Bertz CT molecular complexity index is 237. The molecule has 13 heavy (non-hydrogen) atoms. The Morgan fingerprint density at radius 3 is 2.62 bits per heavy atom. The third kappa shape index (κ3) is 1.65. The summed E-state index contributed by atoms with van der Waals surface area (Å²) in [5, 5.41) is 3.61. The van der Waals surface area contributed by atoms with Crippen molar-refractivity contribution in [2.45, 2.75) is 45.3 Å². The number of piperazine rings is 1. The molecule has 2 rings (SSSR count). The minimum absolute atomic E-state index is 0.317. The second kappa shape index (κ2) is 2.82. The third-order valence-electron chi connectivity index (χ3n) is 3.20. The van der Waals surface area contributed by atoms with Crippen LogP contribution in [-0.4, -0.2) is 35.6 Å². The molecule has 2 atom stereocenters. The van der Waals surface area contributed by atoms with Gasteiger partial charge >= 0.3 is 0 Å². The van der Waals surface area contributed by atoms with Crippen LogP contribution in [0.1, 0.15) is 27.7 Å². The van der Waals surface area contributed by atoms with E-state index in [9.17, 15) is 0 Å². The number of fused-ring (bicyclic) bond motifs is 2. The van der Waals surface area contributed by atoms with Gasteiger partial charge in [0.25, 0.3) is 0 Å². The van der Waals surface area contributed by atoms with Gasteiger partial charge in [0.05, 0.1) is 0 Å². The highest BCUT2D eigenvalue weighted by Crippen LogP contribution is 2.25. The van der Waals surface area contributed by atoms with Crippen LogP contribution in [0.15, 0.2) is 11.6 Å². The first-order chi connectivity index (χ1) is 5.97. The molecule has 0 aromatic rings. The first-order valence-electron chi connectivity index (χ1n) is 5.16. The van der Waals surface area contributed by atoms with E-state index in [0.717, 1.165) is 6.54 Å². The molecule has 0 spiro atoms. The third-order valence-corrected chi connectivity index (χ3v) is 3.20. The van der Waals surface area contributed by atoms with Crippen molar-refractivity contribution in [2.24, 2.45) is 0 Å². The molecule has 0 amide bonds. The largest absolute Gasteiger partial charge is 0.302 e. The van der Waals surface area contributed by atoms with Crippen LogP contribution >= 0.6 is 0 Å². The van der Waals surface area contributed by atoms with E-state index < -0.39 is 0 Å². The van der Waals surface area contributed by atoms with Crippen LogP contribution < -0.4 is 5.32 Å². The number of rotatable bonds is 0. The molecule has 2 heterocycles. The molecule has 1 N–H and O–H groups in total. The Morgan fingerprint density at radius 2 is 2.08 bits per heavy atom. The predicted octanol–water partition coefficient (Wildman–Crippen LogP) is 1.39. The minimum atomic E-state index is 0.317. The molecule has 1 fully saturated rings. The average Bonchev–Trinajstić information content (AvgIpc) is 2.24. The summed E-state index contributed by atoms with van der Waals surface area (Å²) >= 11 is 0. The maximum atomic E-state index is 3.61. The number of hydrogen-bond acceptors (Lipinski definition) is 2. The summed E-state index contributed by atoms with van der Waals surface area (Å²) in [6, 6.07) is 1.20. The molecule has 1 saturated heterocycles. The van der Waals surface area contributed by atoms with Crippen molar-refractivity contribution in [1.29, 1.82) is 0 Å². The molecule has 0 radical (unpaired) electrons. The van der Waals surface area contributed by atoms with Crippen molar-refractivity contribution in [3.05, 3.63) is 11.6 Å². The average molecular weight is 180 g/mol. The van der Waals surface area contributed by atoms with Gasteiger partial charge in [0.1, 0.15) is 0 Å². The maximum absolute atomic E-state index is 3.61. The van der Waals surface area contributed by atoms with Crippen LogP contribution in [0.25, 0.3) is 0 Å². The highest BCUT2D eigenvalue weighted by atomic mass is 15.3. The van der Waals surface area contributed by atoms with Crippen LogP contribution in [0.4, 0.5) is 0 Å². The van der Waals surface area contributed by atoms with E-state index in [1.807, 2.05) is 0 Å². The Hall–Kier alpha value is -0.340. The van der Waals surface area contributed by atoms with Crippen molar-refractivity contribution < 1.29 is 0 Å². The van der Waals surface area contributed by atoms with E-state index in [1.54, 1.807) is 0 Å². The molecule has 74 valence electrons. The molecule has 0 aliphatic carbocycles. The summed E-state index contributed by atoms with van der Waals surface area (Å²) in [5.41, 5.74) is 1.84. The molecule has 0 aromatic carbocycles. The lowest BCUT2D eigenvalue weighted by molar-refractivity contribution is 0.0964. The molecule has 2 unspecified atom stereocenters. The number of nitrogens with one attached hydrogen (secondary N) is 1. The van der Waals surface area contributed by atoms with Gasteiger partial charge in [-0.2, -0.15) is 0 Å². The van der Waals surface area contributed by atoms with Crippen molar-refractivity contribution in [1.82, 2.24) is 10.2 Å². The lowest BCUT2D eigenvalue weighted by Gasteiger charge is -2.42. The predicted molar refractivity (Wildman–Crippen MR) is 55.8 cm³/mol. The molecule has 0 saturated carbocycles. The molecule has 0 aromatic heterocycles. The van der Waals surface area contributed by atoms with Crippen LogP contribution in [0, 0.1) is 0 Å². The monoisotopic (exact) mass is 180 g/mol. The molecular weight excluding hydrogens is 160 g/mol. The molecular formula is C11H20N2. The topological polar surface area (TPSA) is 15.3 Å². The zero-order valence-electron chi connectivity index (χ0n) is 9.09. The zero-order valence-corrected chi connectivity index (χ0v) is 9.09. The number of hydrogen-bond donors (Lipinski definition) is 1. The minimum Gasteiger partial charge on any atom is -0.302 e. The first kappa shape index (κ1) is 9.22. The number of nitrogens with zero attached hydrogens (tertiary/aromatic N) is 1. The van der Waals surface area contributed by atoms with Gasteiger partial charge in [0, 0.05) is 30.7 Å². The molecule has 2 aliphatic rings. The van der Waals surface area contributed by atoms with Crippen LogP contribution in [0.2, 0.25) is 0 Å². The summed E-state index contributed by atoms with van der Waals surface area (Å²) < 4.78 is 0. The molecule has 2 bridgehead atoms. The Morgan fingerprint density at radius 1 is 1.38 bits per heavy atom. The second-order valence-corrected chi connectivity index (χ2v) is 5.31. The normalized spacial score (nSPS) is 34.9. The Labute approximate surface area is 81.0 Å². The first-order valence-corrected chi connectivity index (χ1v) is 5.16. The Kier molecular flexibility index (Phi) is 2.00. The van der Waals surface area contributed by atoms with E-state index in [-0.39, 0.29) is 0 Å². The van der Waals surface area contributed by atoms with Gasteiger partial charge in [-0.15, -0.1) is 0 Å². The van der Waals surface area contributed by atoms with E-state index >= 15 is 0 Å². The quantitative estimate of drug-likeness (QED) is 0.567. The maximum Gasteiger partial charge on any atom is 0.0411 e. The fourth-order valence-corrected chi connectivity index (χ4v) is 2.25. The second-order valence-electron chi connectivity index (χ2n) is 5.31. The van der Waals surface area contributed by atoms with Crippen molar-refractivity contribution in [3.63, 3.8) is 0 Å². The molecule has 2 heteroatoms. The zero-order chi connectivity index (χ0) is 9.64. The summed E-state index contributed by atoms with van der Waals surface area (Å²) in [5.74, 6) is 0. The highest BCUT2D eigenvalue weighted by Gasteiger charge is 2.35. The lowest BCUT2D eigenvalue weighted by atomic mass is 10.0.